The molecule has 1 aliphatic heterocycles. The van der Waals surface area contributed by atoms with Gasteiger partial charge >= 0.3 is 0 Å². The molecule has 5 heteroatoms. The molecule has 1 aliphatic rings. The molecule has 0 spiro atoms. The SMILES string of the molecule is Cn1cccc1-c1noc([C@@H]2CCCN2)n1. The van der Waals surface area contributed by atoms with Gasteiger partial charge in [-0.15, -0.1) is 0 Å². The summed E-state index contributed by atoms with van der Waals surface area (Å²) in [6, 6.07) is 4.19. The predicted molar refractivity (Wildman–Crippen MR) is 58.7 cm³/mol. The largest absolute Gasteiger partial charge is 0.348 e. The molecule has 0 amide bonds. The first-order chi connectivity index (χ1) is 7.84. The Morgan fingerprint density at radius 2 is 2.50 bits per heavy atom. The highest BCUT2D eigenvalue weighted by molar-refractivity contribution is 5.49. The van der Waals surface area contributed by atoms with E-state index in [1.165, 1.54) is 6.42 Å². The van der Waals surface area contributed by atoms with Crippen molar-refractivity contribution in [2.45, 2.75) is 18.9 Å². The minimum absolute atomic E-state index is 0.238. The summed E-state index contributed by atoms with van der Waals surface area (Å²) in [5.41, 5.74) is 0.980. The molecule has 0 aromatic carbocycles. The summed E-state index contributed by atoms with van der Waals surface area (Å²) in [4.78, 5) is 4.43. The number of nitrogens with zero attached hydrogens (tertiary/aromatic N) is 3. The first-order valence-electron chi connectivity index (χ1n) is 5.53. The number of aryl methyl sites for hydroxylation is 1. The zero-order valence-electron chi connectivity index (χ0n) is 9.18. The summed E-state index contributed by atoms with van der Waals surface area (Å²) in [6.45, 7) is 1.03. The van der Waals surface area contributed by atoms with E-state index in [-0.39, 0.29) is 6.04 Å². The van der Waals surface area contributed by atoms with E-state index in [0.717, 1.165) is 18.7 Å². The van der Waals surface area contributed by atoms with E-state index in [1.54, 1.807) is 0 Å². The number of aromatic nitrogens is 3. The van der Waals surface area contributed by atoms with Crippen LogP contribution in [0.2, 0.25) is 0 Å². The predicted octanol–water partition coefficient (Wildman–Crippen LogP) is 1.50. The molecule has 0 radical (unpaired) electrons. The van der Waals surface area contributed by atoms with Crippen molar-refractivity contribution in [3.05, 3.63) is 24.2 Å². The molecule has 1 atom stereocenters. The number of hydrogen-bond donors (Lipinski definition) is 1. The molecule has 5 nitrogen and oxygen atoms in total. The molecule has 2 aromatic rings. The van der Waals surface area contributed by atoms with E-state index >= 15 is 0 Å². The van der Waals surface area contributed by atoms with E-state index in [1.807, 2.05) is 29.9 Å². The van der Waals surface area contributed by atoms with Crippen molar-refractivity contribution in [2.75, 3.05) is 6.54 Å². The second-order valence-electron chi connectivity index (χ2n) is 4.11. The fourth-order valence-electron chi connectivity index (χ4n) is 2.07. The maximum Gasteiger partial charge on any atom is 0.244 e. The van der Waals surface area contributed by atoms with E-state index in [0.29, 0.717) is 11.7 Å². The van der Waals surface area contributed by atoms with Gasteiger partial charge in [-0.2, -0.15) is 4.98 Å². The Morgan fingerprint density at radius 3 is 3.19 bits per heavy atom. The maximum absolute atomic E-state index is 5.29. The maximum atomic E-state index is 5.29. The Labute approximate surface area is 93.5 Å². The third kappa shape index (κ3) is 1.53. The lowest BCUT2D eigenvalue weighted by Gasteiger charge is -2.01. The van der Waals surface area contributed by atoms with Crippen LogP contribution in [0.4, 0.5) is 0 Å². The molecular weight excluding hydrogens is 204 g/mol. The molecule has 1 saturated heterocycles. The average molecular weight is 218 g/mol. The molecule has 3 rings (SSSR count). The summed E-state index contributed by atoms with van der Waals surface area (Å²) in [5.74, 6) is 1.37. The lowest BCUT2D eigenvalue weighted by Crippen LogP contribution is -2.13. The summed E-state index contributed by atoms with van der Waals surface area (Å²) in [5, 5.41) is 7.36. The fourth-order valence-corrected chi connectivity index (χ4v) is 2.07. The van der Waals surface area contributed by atoms with Crippen LogP contribution in [0.25, 0.3) is 11.5 Å². The first-order valence-corrected chi connectivity index (χ1v) is 5.53. The van der Waals surface area contributed by atoms with Crippen LogP contribution in [0.5, 0.6) is 0 Å². The molecule has 0 aliphatic carbocycles. The van der Waals surface area contributed by atoms with Gasteiger partial charge in [-0.3, -0.25) is 0 Å². The third-order valence-corrected chi connectivity index (χ3v) is 2.97. The molecule has 84 valence electrons. The number of rotatable bonds is 2. The summed E-state index contributed by atoms with van der Waals surface area (Å²) in [7, 11) is 1.97. The highest BCUT2D eigenvalue weighted by Crippen LogP contribution is 2.24. The highest BCUT2D eigenvalue weighted by Gasteiger charge is 2.22. The molecule has 0 bridgehead atoms. The lowest BCUT2D eigenvalue weighted by molar-refractivity contribution is 0.344. The van der Waals surface area contributed by atoms with Crippen LogP contribution in [-0.2, 0) is 7.05 Å². The number of hydrogen-bond acceptors (Lipinski definition) is 4. The topological polar surface area (TPSA) is 55.9 Å². The van der Waals surface area contributed by atoms with E-state index in [9.17, 15) is 0 Å². The molecular formula is C11H14N4O. The van der Waals surface area contributed by atoms with Gasteiger partial charge in [-0.25, -0.2) is 0 Å². The number of nitrogens with one attached hydrogen (secondary N) is 1. The van der Waals surface area contributed by atoms with Gasteiger partial charge in [0.2, 0.25) is 11.7 Å². The van der Waals surface area contributed by atoms with Crippen molar-refractivity contribution in [3.8, 4) is 11.5 Å². The monoisotopic (exact) mass is 218 g/mol. The minimum atomic E-state index is 0.238. The van der Waals surface area contributed by atoms with E-state index < -0.39 is 0 Å². The van der Waals surface area contributed by atoms with E-state index in [2.05, 4.69) is 15.5 Å². The van der Waals surface area contributed by atoms with Crippen molar-refractivity contribution in [1.29, 1.82) is 0 Å². The van der Waals surface area contributed by atoms with Gasteiger partial charge in [0, 0.05) is 13.2 Å². The Kier molecular flexibility index (Phi) is 2.25. The molecule has 3 heterocycles. The summed E-state index contributed by atoms with van der Waals surface area (Å²) < 4.78 is 7.27. The van der Waals surface area contributed by atoms with Crippen molar-refractivity contribution in [1.82, 2.24) is 20.0 Å². The molecule has 2 aromatic heterocycles. The standard InChI is InChI=1S/C11H14N4O/c1-15-7-3-5-9(15)10-13-11(16-14-10)8-4-2-6-12-8/h3,5,7-8,12H,2,4,6H2,1H3/t8-/m0/s1. The Balaban J connectivity index is 1.90. The van der Waals surface area contributed by atoms with E-state index in [4.69, 9.17) is 4.52 Å². The van der Waals surface area contributed by atoms with Crippen LogP contribution < -0.4 is 5.32 Å². The Hall–Kier alpha value is -1.62. The van der Waals surface area contributed by atoms with Crippen LogP contribution in [0, 0.1) is 0 Å². The Bertz CT molecular complexity index is 482. The van der Waals surface area contributed by atoms with Crippen molar-refractivity contribution in [2.24, 2.45) is 7.05 Å². The lowest BCUT2D eigenvalue weighted by atomic mass is 10.2. The average Bonchev–Trinajstić information content (AvgIpc) is 2.96. The zero-order valence-corrected chi connectivity index (χ0v) is 9.18. The van der Waals surface area contributed by atoms with Crippen LogP contribution >= 0.6 is 0 Å². The molecule has 16 heavy (non-hydrogen) atoms. The van der Waals surface area contributed by atoms with Crippen LogP contribution in [-0.4, -0.2) is 21.3 Å². The first kappa shape index (κ1) is 9.59. The minimum Gasteiger partial charge on any atom is -0.348 e. The summed E-state index contributed by atoms with van der Waals surface area (Å²) >= 11 is 0. The molecule has 1 fully saturated rings. The van der Waals surface area contributed by atoms with Gasteiger partial charge in [0.25, 0.3) is 0 Å². The fraction of sp³-hybridized carbons (Fsp3) is 0.455. The summed E-state index contributed by atoms with van der Waals surface area (Å²) in [6.07, 6.45) is 4.22. The van der Waals surface area contributed by atoms with Crippen LogP contribution in [0.1, 0.15) is 24.8 Å². The smallest absolute Gasteiger partial charge is 0.244 e. The normalized spacial score (nSPS) is 20.4. The highest BCUT2D eigenvalue weighted by atomic mass is 16.5. The van der Waals surface area contributed by atoms with Gasteiger partial charge in [-0.05, 0) is 31.5 Å². The molecule has 0 unspecified atom stereocenters. The molecule has 0 saturated carbocycles. The van der Waals surface area contributed by atoms with Gasteiger partial charge in [0.1, 0.15) is 0 Å². The van der Waals surface area contributed by atoms with Gasteiger partial charge in [0.05, 0.1) is 11.7 Å². The van der Waals surface area contributed by atoms with Gasteiger partial charge in [0.15, 0.2) is 0 Å². The van der Waals surface area contributed by atoms with Crippen molar-refractivity contribution >= 4 is 0 Å². The van der Waals surface area contributed by atoms with Crippen molar-refractivity contribution < 1.29 is 4.52 Å². The van der Waals surface area contributed by atoms with Crippen LogP contribution in [0.15, 0.2) is 22.9 Å². The van der Waals surface area contributed by atoms with Gasteiger partial charge < -0.3 is 14.4 Å². The molecule has 1 N–H and O–H groups in total. The van der Waals surface area contributed by atoms with Crippen LogP contribution in [0.3, 0.4) is 0 Å². The second-order valence-corrected chi connectivity index (χ2v) is 4.11. The quantitative estimate of drug-likeness (QED) is 0.830. The second kappa shape index (κ2) is 3.75. The Morgan fingerprint density at radius 1 is 1.56 bits per heavy atom. The van der Waals surface area contributed by atoms with Gasteiger partial charge in [-0.1, -0.05) is 5.16 Å². The zero-order chi connectivity index (χ0) is 11.0. The third-order valence-electron chi connectivity index (χ3n) is 2.97. The van der Waals surface area contributed by atoms with Crippen molar-refractivity contribution in [3.63, 3.8) is 0 Å².